The minimum Gasteiger partial charge on any atom is -0.456 e. The van der Waals surface area contributed by atoms with Crippen molar-refractivity contribution in [2.45, 2.75) is 13.1 Å². The lowest BCUT2D eigenvalue weighted by Gasteiger charge is -2.31. The van der Waals surface area contributed by atoms with Gasteiger partial charge >= 0.3 is 0 Å². The smallest absolute Gasteiger partial charge is 0.136 e. The molecule has 0 saturated carbocycles. The van der Waals surface area contributed by atoms with Crippen molar-refractivity contribution in [3.8, 4) is 55.6 Å². The summed E-state index contributed by atoms with van der Waals surface area (Å²) in [7, 11) is -2.12. The van der Waals surface area contributed by atoms with Gasteiger partial charge in [-0.3, -0.25) is 0 Å². The van der Waals surface area contributed by atoms with Crippen LogP contribution in [0.4, 0.5) is 17.1 Å². The molecule has 1 aliphatic heterocycles. The Bertz CT molecular complexity index is 4200. The topological polar surface area (TPSA) is 29.5 Å². The van der Waals surface area contributed by atoms with E-state index in [0.717, 1.165) is 83.1 Å². The van der Waals surface area contributed by atoms with Gasteiger partial charge in [0.05, 0.1) is 0 Å². The first-order valence-corrected chi connectivity index (χ1v) is 27.2. The molecule has 0 unspecified atom stereocenters. The van der Waals surface area contributed by atoms with Gasteiger partial charge < -0.3 is 13.7 Å². The molecule has 0 saturated heterocycles. The van der Waals surface area contributed by atoms with Crippen LogP contribution in [0.2, 0.25) is 13.1 Å². The highest BCUT2D eigenvalue weighted by Crippen LogP contribution is 2.50. The van der Waals surface area contributed by atoms with Gasteiger partial charge in [-0.25, -0.2) is 0 Å². The molecule has 2 aromatic heterocycles. The molecule has 14 rings (SSSR count). The highest BCUT2D eigenvalue weighted by atomic mass is 28.3. The second-order valence-corrected chi connectivity index (χ2v) is 23.4. The molecule has 3 heterocycles. The molecule has 0 radical (unpaired) electrons. The molecule has 0 N–H and O–H groups in total. The van der Waals surface area contributed by atoms with Gasteiger partial charge in [-0.2, -0.15) is 0 Å². The lowest BCUT2D eigenvalue weighted by molar-refractivity contribution is 0.668. The highest BCUT2D eigenvalue weighted by Gasteiger charge is 2.40. The third-order valence-electron chi connectivity index (χ3n) is 14.9. The van der Waals surface area contributed by atoms with Gasteiger partial charge in [-0.05, 0) is 132 Å². The lowest BCUT2D eigenvalue weighted by atomic mass is 9.84. The van der Waals surface area contributed by atoms with E-state index in [0.29, 0.717) is 0 Å². The standard InChI is InChI=1S/C66H45NO2Si/c1-70(2)61-29-13-10-21-49(61)53-25-15-26-56(66(53)70)67(46-34-30-43(31-35-46)42-16-4-3-5-17-42)47-36-32-45(33-37-47)62-51(38-40-59-64(62)54-22-8-11-27-57(54)68-59)52-39-41-60-65(55-23-9-12-28-58(55)69-60)63(52)50-24-14-19-44-18-6-7-20-48(44)50/h3-41H,1-2H3. The molecule has 0 fully saturated rings. The molecule has 11 aromatic carbocycles. The average Bonchev–Trinajstić information content (AvgIpc) is 4.07. The number of para-hydroxylation sites is 2. The van der Waals surface area contributed by atoms with Crippen LogP contribution in [-0.4, -0.2) is 8.07 Å². The van der Waals surface area contributed by atoms with Gasteiger partial charge in [-0.1, -0.05) is 183 Å². The van der Waals surface area contributed by atoms with E-state index in [2.05, 4.69) is 255 Å². The Morgan fingerprint density at radius 2 is 0.829 bits per heavy atom. The average molecular weight is 912 g/mol. The SMILES string of the molecule is C[Si]1(C)c2ccccc2-c2cccc(N(c3ccc(-c4ccccc4)cc3)c3ccc(-c4c(-c5ccc6oc7ccccc7c6c5-c5cccc6ccccc56)ccc5oc6ccccc6c45)cc3)c21. The van der Waals surface area contributed by atoms with Gasteiger partial charge in [0.1, 0.15) is 30.4 Å². The Kier molecular flexibility index (Phi) is 9.04. The van der Waals surface area contributed by atoms with Crippen LogP contribution in [0.15, 0.2) is 245 Å². The van der Waals surface area contributed by atoms with Crippen LogP contribution in [0.3, 0.4) is 0 Å². The van der Waals surface area contributed by atoms with Crippen molar-refractivity contribution in [3.05, 3.63) is 237 Å². The van der Waals surface area contributed by atoms with E-state index in [9.17, 15) is 0 Å². The van der Waals surface area contributed by atoms with E-state index in [1.165, 1.54) is 54.7 Å². The molecule has 0 amide bonds. The first kappa shape index (κ1) is 40.4. The van der Waals surface area contributed by atoms with Gasteiger partial charge in [0.25, 0.3) is 0 Å². The fourth-order valence-electron chi connectivity index (χ4n) is 11.7. The Labute approximate surface area is 407 Å². The Morgan fingerprint density at radius 3 is 1.53 bits per heavy atom. The monoisotopic (exact) mass is 911 g/mol. The third-order valence-corrected chi connectivity index (χ3v) is 18.4. The van der Waals surface area contributed by atoms with E-state index in [1.54, 1.807) is 0 Å². The molecular weight excluding hydrogens is 867 g/mol. The number of fused-ring (bicyclic) bond motifs is 10. The molecule has 13 aromatic rings. The van der Waals surface area contributed by atoms with Crippen molar-refractivity contribution in [3.63, 3.8) is 0 Å². The molecule has 4 heteroatoms. The van der Waals surface area contributed by atoms with Gasteiger partial charge in [0.15, 0.2) is 0 Å². The predicted octanol–water partition coefficient (Wildman–Crippen LogP) is 17.6. The van der Waals surface area contributed by atoms with Crippen molar-refractivity contribution in [2.75, 3.05) is 4.90 Å². The predicted molar refractivity (Wildman–Crippen MR) is 297 cm³/mol. The summed E-state index contributed by atoms with van der Waals surface area (Å²) in [6.07, 6.45) is 0. The van der Waals surface area contributed by atoms with E-state index in [1.807, 2.05) is 0 Å². The number of hydrogen-bond acceptors (Lipinski definition) is 3. The summed E-state index contributed by atoms with van der Waals surface area (Å²) in [5.41, 5.74) is 18.8. The number of furan rings is 2. The van der Waals surface area contributed by atoms with Crippen LogP contribution in [0.25, 0.3) is 110 Å². The largest absolute Gasteiger partial charge is 0.456 e. The molecule has 0 spiro atoms. The molecule has 3 nitrogen and oxygen atoms in total. The van der Waals surface area contributed by atoms with Crippen molar-refractivity contribution >= 4 is 90.2 Å². The van der Waals surface area contributed by atoms with Crippen LogP contribution in [0.1, 0.15) is 0 Å². The summed E-state index contributed by atoms with van der Waals surface area (Å²) < 4.78 is 13.3. The zero-order chi connectivity index (χ0) is 46.5. The molecule has 70 heavy (non-hydrogen) atoms. The first-order chi connectivity index (χ1) is 34.5. The van der Waals surface area contributed by atoms with E-state index in [-0.39, 0.29) is 0 Å². The number of hydrogen-bond donors (Lipinski definition) is 0. The maximum absolute atomic E-state index is 6.68. The van der Waals surface area contributed by atoms with Crippen molar-refractivity contribution in [1.82, 2.24) is 0 Å². The maximum Gasteiger partial charge on any atom is 0.136 e. The second-order valence-electron chi connectivity index (χ2n) is 19.1. The molecular formula is C66H45NO2Si. The summed E-state index contributed by atoms with van der Waals surface area (Å²) in [6.45, 7) is 5.02. The number of nitrogens with zero attached hydrogens (tertiary/aromatic N) is 1. The number of benzene rings is 11. The zero-order valence-electron chi connectivity index (χ0n) is 38.8. The number of rotatable bonds is 7. The Morgan fingerprint density at radius 1 is 0.329 bits per heavy atom. The molecule has 330 valence electrons. The van der Waals surface area contributed by atoms with E-state index >= 15 is 0 Å². The van der Waals surface area contributed by atoms with Crippen molar-refractivity contribution < 1.29 is 8.83 Å². The fourth-order valence-corrected chi connectivity index (χ4v) is 15.1. The quantitative estimate of drug-likeness (QED) is 0.149. The summed E-state index contributed by atoms with van der Waals surface area (Å²) >= 11 is 0. The zero-order valence-corrected chi connectivity index (χ0v) is 39.8. The summed E-state index contributed by atoms with van der Waals surface area (Å²) in [5.74, 6) is 0. The summed E-state index contributed by atoms with van der Waals surface area (Å²) in [4.78, 5) is 2.49. The fraction of sp³-hybridized carbons (Fsp3) is 0.0303. The van der Waals surface area contributed by atoms with Crippen LogP contribution in [-0.2, 0) is 0 Å². The van der Waals surface area contributed by atoms with E-state index in [4.69, 9.17) is 8.83 Å². The van der Waals surface area contributed by atoms with Gasteiger partial charge in [0.2, 0.25) is 0 Å². The van der Waals surface area contributed by atoms with Crippen molar-refractivity contribution in [2.24, 2.45) is 0 Å². The lowest BCUT2D eigenvalue weighted by Crippen LogP contribution is -2.50. The molecule has 0 aliphatic carbocycles. The molecule has 0 bridgehead atoms. The second kappa shape index (κ2) is 15.7. The van der Waals surface area contributed by atoms with E-state index < -0.39 is 8.07 Å². The van der Waals surface area contributed by atoms with Crippen LogP contribution in [0, 0.1) is 0 Å². The third kappa shape index (κ3) is 6.13. The summed E-state index contributed by atoms with van der Waals surface area (Å²) in [6, 6.07) is 86.1. The van der Waals surface area contributed by atoms with Crippen LogP contribution in [0.5, 0.6) is 0 Å². The highest BCUT2D eigenvalue weighted by molar-refractivity contribution is 7.04. The normalized spacial score (nSPS) is 12.8. The van der Waals surface area contributed by atoms with Gasteiger partial charge in [-0.15, -0.1) is 0 Å². The van der Waals surface area contributed by atoms with Crippen LogP contribution >= 0.6 is 0 Å². The Hall–Kier alpha value is -8.70. The summed E-state index contributed by atoms with van der Waals surface area (Å²) in [5, 5.41) is 9.75. The van der Waals surface area contributed by atoms with Crippen LogP contribution < -0.4 is 15.3 Å². The molecule has 1 aliphatic rings. The first-order valence-electron chi connectivity index (χ1n) is 24.2. The number of anilines is 3. The van der Waals surface area contributed by atoms with Gasteiger partial charge in [0, 0.05) is 49.7 Å². The maximum atomic E-state index is 6.68. The molecule has 0 atom stereocenters. The minimum absolute atomic E-state index is 0.859. The van der Waals surface area contributed by atoms with Crippen molar-refractivity contribution in [1.29, 1.82) is 0 Å². The Balaban J connectivity index is 1.01. The minimum atomic E-state index is -2.12.